The highest BCUT2D eigenvalue weighted by Gasteiger charge is 2.15. The van der Waals surface area contributed by atoms with Crippen molar-refractivity contribution in [1.82, 2.24) is 20.8 Å². The molecule has 0 spiro atoms. The molecule has 10 heteroatoms. The molecule has 3 aromatic rings. The van der Waals surface area contributed by atoms with Gasteiger partial charge in [0.1, 0.15) is 22.7 Å². The Morgan fingerprint density at radius 1 is 1.10 bits per heavy atom. The Labute approximate surface area is 178 Å². The van der Waals surface area contributed by atoms with E-state index in [0.29, 0.717) is 34.5 Å². The summed E-state index contributed by atoms with van der Waals surface area (Å²) in [5.74, 6) is 0.826. The van der Waals surface area contributed by atoms with Gasteiger partial charge in [-0.3, -0.25) is 15.2 Å². The predicted octanol–water partition coefficient (Wildman–Crippen LogP) is 3.92. The third-order valence-electron chi connectivity index (χ3n) is 5.11. The molecule has 2 amide bonds. The molecule has 1 aliphatic carbocycles. The molecule has 31 heavy (non-hydrogen) atoms. The first kappa shape index (κ1) is 20.5. The Bertz CT molecular complexity index is 1080. The summed E-state index contributed by atoms with van der Waals surface area (Å²) in [4.78, 5) is 30.8. The first-order valence-corrected chi connectivity index (χ1v) is 10.1. The fraction of sp³-hybridized carbons (Fsp3) is 0.333. The van der Waals surface area contributed by atoms with Gasteiger partial charge >= 0.3 is 6.09 Å². The number of benzene rings is 1. The van der Waals surface area contributed by atoms with Gasteiger partial charge in [-0.25, -0.2) is 10.2 Å². The normalized spacial score (nSPS) is 14.2. The number of carboxylic acid groups (broad SMARTS) is 1. The third-order valence-corrected chi connectivity index (χ3v) is 5.11. The van der Waals surface area contributed by atoms with Gasteiger partial charge in [0.05, 0.1) is 0 Å². The minimum absolute atomic E-state index is 0.00110. The summed E-state index contributed by atoms with van der Waals surface area (Å²) in [6, 6.07) is 8.75. The summed E-state index contributed by atoms with van der Waals surface area (Å²) in [7, 11) is 0. The smallest absolute Gasteiger partial charge is 0.423 e. The number of hydrogen-bond donors (Lipinski definition) is 4. The van der Waals surface area contributed by atoms with Gasteiger partial charge in [-0.2, -0.15) is 4.98 Å². The van der Waals surface area contributed by atoms with Crippen LogP contribution in [0.15, 0.2) is 40.9 Å². The molecule has 0 aliphatic heterocycles. The Hall–Kier alpha value is -3.82. The molecule has 4 N–H and O–H groups in total. The van der Waals surface area contributed by atoms with E-state index in [4.69, 9.17) is 14.3 Å². The zero-order valence-corrected chi connectivity index (χ0v) is 16.8. The molecule has 1 aliphatic rings. The maximum atomic E-state index is 11.9. The van der Waals surface area contributed by atoms with Crippen LogP contribution in [0.1, 0.15) is 42.6 Å². The summed E-state index contributed by atoms with van der Waals surface area (Å²) in [5, 5.41) is 11.9. The van der Waals surface area contributed by atoms with Gasteiger partial charge in [0, 0.05) is 24.9 Å². The van der Waals surface area contributed by atoms with Crippen LogP contribution in [0.25, 0.3) is 11.1 Å². The van der Waals surface area contributed by atoms with Crippen molar-refractivity contribution in [2.75, 3.05) is 11.9 Å². The van der Waals surface area contributed by atoms with E-state index in [-0.39, 0.29) is 5.69 Å². The van der Waals surface area contributed by atoms with Crippen LogP contribution in [0.4, 0.5) is 10.8 Å². The number of oxazole rings is 1. The highest BCUT2D eigenvalue weighted by Crippen LogP contribution is 2.28. The lowest BCUT2D eigenvalue weighted by Crippen LogP contribution is -2.41. The number of ether oxygens (including phenoxy) is 1. The van der Waals surface area contributed by atoms with Gasteiger partial charge in [0.2, 0.25) is 0 Å². The lowest BCUT2D eigenvalue weighted by atomic mass is 9.89. The highest BCUT2D eigenvalue weighted by molar-refractivity contribution is 5.93. The van der Waals surface area contributed by atoms with Crippen molar-refractivity contribution in [2.24, 2.45) is 5.92 Å². The first-order valence-electron chi connectivity index (χ1n) is 10.1. The molecule has 2 heterocycles. The standard InChI is InChI=1S/C21H23N5O5/c27-19(25-26-21(28)29)17-10-15(8-9-22-17)30-14-6-7-16-18(11-14)31-20(24-16)23-12-13-4-2-1-3-5-13/h6-11,13,26H,1-5,12H2,(H,23,24)(H,25,27)(H,28,29). The van der Waals surface area contributed by atoms with E-state index in [1.165, 1.54) is 44.4 Å². The number of fused-ring (bicyclic) bond motifs is 1. The lowest BCUT2D eigenvalue weighted by molar-refractivity contribution is 0.0921. The van der Waals surface area contributed by atoms with Crippen LogP contribution in [-0.4, -0.2) is 33.6 Å². The van der Waals surface area contributed by atoms with E-state index in [9.17, 15) is 9.59 Å². The molecular formula is C21H23N5O5. The molecule has 0 radical (unpaired) electrons. The minimum atomic E-state index is -1.38. The van der Waals surface area contributed by atoms with Gasteiger partial charge in [-0.15, -0.1) is 0 Å². The number of anilines is 1. The summed E-state index contributed by atoms with van der Waals surface area (Å²) in [5.41, 5.74) is 5.09. The van der Waals surface area contributed by atoms with Crippen LogP contribution in [0, 0.1) is 5.92 Å². The van der Waals surface area contributed by atoms with Crippen molar-refractivity contribution in [3.05, 3.63) is 42.2 Å². The number of carbonyl (C=O) groups excluding carboxylic acids is 1. The van der Waals surface area contributed by atoms with Gasteiger partial charge in [0.15, 0.2) is 5.58 Å². The molecule has 0 bridgehead atoms. The summed E-state index contributed by atoms with van der Waals surface area (Å²) >= 11 is 0. The van der Waals surface area contributed by atoms with Crippen LogP contribution < -0.4 is 20.9 Å². The predicted molar refractivity (Wildman–Crippen MR) is 112 cm³/mol. The molecule has 1 fully saturated rings. The number of amides is 2. The monoisotopic (exact) mass is 425 g/mol. The van der Waals surface area contributed by atoms with Crippen LogP contribution in [0.3, 0.4) is 0 Å². The fourth-order valence-corrected chi connectivity index (χ4v) is 3.58. The number of hydrazine groups is 1. The molecule has 2 aromatic heterocycles. The zero-order chi connectivity index (χ0) is 21.6. The van der Waals surface area contributed by atoms with Crippen molar-refractivity contribution in [2.45, 2.75) is 32.1 Å². The summed E-state index contributed by atoms with van der Waals surface area (Å²) in [6.45, 7) is 0.856. The molecule has 0 atom stereocenters. The van der Waals surface area contributed by atoms with Crippen molar-refractivity contribution >= 4 is 29.1 Å². The van der Waals surface area contributed by atoms with Crippen molar-refractivity contribution in [3.63, 3.8) is 0 Å². The van der Waals surface area contributed by atoms with E-state index in [0.717, 1.165) is 6.54 Å². The van der Waals surface area contributed by atoms with Gasteiger partial charge in [-0.1, -0.05) is 19.3 Å². The van der Waals surface area contributed by atoms with Crippen LogP contribution in [0.2, 0.25) is 0 Å². The van der Waals surface area contributed by atoms with Gasteiger partial charge < -0.3 is 19.6 Å². The van der Waals surface area contributed by atoms with E-state index < -0.39 is 12.0 Å². The molecular weight excluding hydrogens is 402 g/mol. The average Bonchev–Trinajstić information content (AvgIpc) is 3.19. The van der Waals surface area contributed by atoms with Crippen molar-refractivity contribution in [3.8, 4) is 11.5 Å². The Balaban J connectivity index is 1.41. The zero-order valence-electron chi connectivity index (χ0n) is 16.8. The Kier molecular flexibility index (Phi) is 6.16. The highest BCUT2D eigenvalue weighted by atomic mass is 16.5. The molecule has 0 unspecified atom stereocenters. The number of rotatable bonds is 6. The maximum Gasteiger partial charge on any atom is 0.423 e. The van der Waals surface area contributed by atoms with Crippen LogP contribution >= 0.6 is 0 Å². The molecule has 4 rings (SSSR count). The maximum absolute atomic E-state index is 11.9. The summed E-state index contributed by atoms with van der Waals surface area (Å²) < 4.78 is 11.6. The van der Waals surface area contributed by atoms with Gasteiger partial charge in [0.25, 0.3) is 11.9 Å². The second-order valence-electron chi connectivity index (χ2n) is 7.40. The SMILES string of the molecule is O=C(O)NNC(=O)c1cc(Oc2ccc3nc(NCC4CCCCC4)oc3c2)ccn1. The van der Waals surface area contributed by atoms with Crippen LogP contribution in [0.5, 0.6) is 11.5 Å². The van der Waals surface area contributed by atoms with E-state index in [2.05, 4.69) is 15.3 Å². The lowest BCUT2D eigenvalue weighted by Gasteiger charge is -2.21. The van der Waals surface area contributed by atoms with Crippen molar-refractivity contribution < 1.29 is 23.8 Å². The summed E-state index contributed by atoms with van der Waals surface area (Å²) in [6.07, 6.45) is 6.39. The molecule has 1 saturated carbocycles. The molecule has 0 saturated heterocycles. The first-order chi connectivity index (χ1) is 15.1. The second kappa shape index (κ2) is 9.33. The van der Waals surface area contributed by atoms with E-state index in [1.807, 2.05) is 5.43 Å². The number of aromatic nitrogens is 2. The minimum Gasteiger partial charge on any atom is -0.464 e. The molecule has 1 aromatic carbocycles. The Morgan fingerprint density at radius 3 is 2.71 bits per heavy atom. The largest absolute Gasteiger partial charge is 0.464 e. The van der Waals surface area contributed by atoms with E-state index in [1.54, 1.807) is 29.7 Å². The number of hydrogen-bond acceptors (Lipinski definition) is 7. The number of carbonyl (C=O) groups is 2. The Morgan fingerprint density at radius 2 is 1.90 bits per heavy atom. The topological polar surface area (TPSA) is 139 Å². The van der Waals surface area contributed by atoms with Crippen LogP contribution in [-0.2, 0) is 0 Å². The quantitative estimate of drug-likeness (QED) is 0.436. The third kappa shape index (κ3) is 5.41. The fourth-order valence-electron chi connectivity index (χ4n) is 3.58. The van der Waals surface area contributed by atoms with Gasteiger partial charge in [-0.05, 0) is 37.0 Å². The number of pyridine rings is 1. The average molecular weight is 425 g/mol. The number of nitrogens with zero attached hydrogens (tertiary/aromatic N) is 2. The van der Waals surface area contributed by atoms with Crippen molar-refractivity contribution in [1.29, 1.82) is 0 Å². The van der Waals surface area contributed by atoms with E-state index >= 15 is 0 Å². The number of nitrogens with one attached hydrogen (secondary N) is 3. The second-order valence-corrected chi connectivity index (χ2v) is 7.40. The molecule has 162 valence electrons. The molecule has 10 nitrogen and oxygen atoms in total.